The van der Waals surface area contributed by atoms with Gasteiger partial charge in [0, 0.05) is 23.0 Å². The van der Waals surface area contributed by atoms with Crippen molar-refractivity contribution in [1.29, 1.82) is 0 Å². The fourth-order valence-electron chi connectivity index (χ4n) is 5.31. The predicted octanol–water partition coefficient (Wildman–Crippen LogP) is 3.43. The highest BCUT2D eigenvalue weighted by Crippen LogP contribution is 2.42. The third-order valence-corrected chi connectivity index (χ3v) is 6.92. The Bertz CT molecular complexity index is 1440. The van der Waals surface area contributed by atoms with Gasteiger partial charge >= 0.3 is 5.97 Å². The Kier molecular flexibility index (Phi) is 4.95. The van der Waals surface area contributed by atoms with Gasteiger partial charge in [-0.25, -0.2) is 4.79 Å². The van der Waals surface area contributed by atoms with Crippen LogP contribution >= 0.6 is 0 Å². The molecular formula is C27H23N3O5. The van der Waals surface area contributed by atoms with E-state index in [1.54, 1.807) is 40.3 Å². The summed E-state index contributed by atoms with van der Waals surface area (Å²) in [7, 11) is 1.34. The largest absolute Gasteiger partial charge is 0.467 e. The summed E-state index contributed by atoms with van der Waals surface area (Å²) in [6.45, 7) is 0.226. The second kappa shape index (κ2) is 8.16. The molecule has 0 radical (unpaired) electrons. The van der Waals surface area contributed by atoms with Gasteiger partial charge in [0.05, 0.1) is 31.5 Å². The van der Waals surface area contributed by atoms with Gasteiger partial charge < -0.3 is 23.9 Å². The van der Waals surface area contributed by atoms with Crippen LogP contribution in [0.3, 0.4) is 0 Å². The average Bonchev–Trinajstić information content (AvgIpc) is 3.53. The minimum Gasteiger partial charge on any atom is -0.467 e. The lowest BCUT2D eigenvalue weighted by atomic mass is 9.86. The molecule has 35 heavy (non-hydrogen) atoms. The number of rotatable bonds is 4. The summed E-state index contributed by atoms with van der Waals surface area (Å²) in [5, 5.41) is 1.04. The maximum atomic E-state index is 13.7. The van der Waals surface area contributed by atoms with Gasteiger partial charge in [0.25, 0.3) is 0 Å². The van der Waals surface area contributed by atoms with Crippen LogP contribution in [-0.4, -0.2) is 52.3 Å². The minimum atomic E-state index is -0.636. The molecule has 2 aliphatic rings. The van der Waals surface area contributed by atoms with Crippen LogP contribution in [0.25, 0.3) is 10.9 Å². The molecule has 2 amide bonds. The summed E-state index contributed by atoms with van der Waals surface area (Å²) in [4.78, 5) is 46.0. The Morgan fingerprint density at radius 1 is 1.09 bits per heavy atom. The number of benzene rings is 2. The van der Waals surface area contributed by atoms with E-state index < -0.39 is 18.1 Å². The lowest BCUT2D eigenvalue weighted by Gasteiger charge is -2.47. The number of aromatic nitrogens is 1. The molecular weight excluding hydrogens is 446 g/mol. The number of piperazine rings is 1. The first-order chi connectivity index (χ1) is 17.0. The van der Waals surface area contributed by atoms with E-state index in [2.05, 4.69) is 4.98 Å². The number of hydrogen-bond acceptors (Lipinski definition) is 5. The summed E-state index contributed by atoms with van der Waals surface area (Å²) in [5.41, 5.74) is 4.13. The van der Waals surface area contributed by atoms with Crippen molar-refractivity contribution >= 4 is 28.7 Å². The van der Waals surface area contributed by atoms with Gasteiger partial charge in [0.15, 0.2) is 0 Å². The number of aromatic amines is 1. The molecule has 0 spiro atoms. The van der Waals surface area contributed by atoms with E-state index in [1.807, 2.05) is 36.4 Å². The molecule has 2 aliphatic heterocycles. The fourth-order valence-corrected chi connectivity index (χ4v) is 5.31. The Hall–Kier alpha value is -4.33. The van der Waals surface area contributed by atoms with Crippen molar-refractivity contribution in [3.8, 4) is 0 Å². The van der Waals surface area contributed by atoms with Crippen molar-refractivity contribution in [1.82, 2.24) is 14.8 Å². The van der Waals surface area contributed by atoms with Crippen molar-refractivity contribution in [3.05, 3.63) is 95.1 Å². The van der Waals surface area contributed by atoms with Gasteiger partial charge in [-0.1, -0.05) is 30.3 Å². The number of carbonyl (C=O) groups excluding carboxylic acids is 3. The summed E-state index contributed by atoms with van der Waals surface area (Å²) < 4.78 is 10.2. The molecule has 2 atom stereocenters. The third-order valence-electron chi connectivity index (χ3n) is 6.92. The molecule has 8 heteroatoms. The Labute approximate surface area is 201 Å². The van der Waals surface area contributed by atoms with Gasteiger partial charge in [0.2, 0.25) is 11.8 Å². The van der Waals surface area contributed by atoms with E-state index in [0.717, 1.165) is 27.7 Å². The van der Waals surface area contributed by atoms with Crippen LogP contribution in [0.2, 0.25) is 0 Å². The van der Waals surface area contributed by atoms with E-state index in [4.69, 9.17) is 9.15 Å². The molecule has 2 unspecified atom stereocenters. The number of ether oxygens (including phenoxy) is 1. The van der Waals surface area contributed by atoms with Crippen LogP contribution in [0.15, 0.2) is 71.3 Å². The number of H-pyrrole nitrogens is 1. The molecule has 1 saturated heterocycles. The molecule has 1 fully saturated rings. The topological polar surface area (TPSA) is 95.9 Å². The van der Waals surface area contributed by atoms with E-state index in [9.17, 15) is 14.4 Å². The molecule has 2 aromatic carbocycles. The highest BCUT2D eigenvalue weighted by molar-refractivity contribution is 5.97. The number of esters is 1. The van der Waals surface area contributed by atoms with Crippen molar-refractivity contribution in [2.45, 2.75) is 25.0 Å². The molecule has 0 bridgehead atoms. The van der Waals surface area contributed by atoms with Crippen molar-refractivity contribution < 1.29 is 23.5 Å². The lowest BCUT2D eigenvalue weighted by Crippen LogP contribution is -2.62. The van der Waals surface area contributed by atoms with Crippen molar-refractivity contribution in [3.63, 3.8) is 0 Å². The molecule has 0 saturated carbocycles. The van der Waals surface area contributed by atoms with Gasteiger partial charge in [-0.15, -0.1) is 0 Å². The number of amides is 2. The smallest absolute Gasteiger partial charge is 0.337 e. The zero-order chi connectivity index (χ0) is 24.1. The lowest BCUT2D eigenvalue weighted by molar-refractivity contribution is -0.159. The van der Waals surface area contributed by atoms with E-state index in [0.29, 0.717) is 17.7 Å². The van der Waals surface area contributed by atoms with E-state index in [-0.39, 0.29) is 24.9 Å². The first kappa shape index (κ1) is 21.2. The van der Waals surface area contributed by atoms with Crippen LogP contribution in [0.1, 0.15) is 39.0 Å². The molecule has 4 aromatic rings. The summed E-state index contributed by atoms with van der Waals surface area (Å²) >= 11 is 0. The number of carbonyl (C=O) groups is 3. The quantitative estimate of drug-likeness (QED) is 0.462. The number of fused-ring (bicyclic) bond motifs is 4. The molecule has 1 N–H and O–H groups in total. The summed E-state index contributed by atoms with van der Waals surface area (Å²) in [6, 6.07) is 17.4. The molecule has 8 nitrogen and oxygen atoms in total. The second-order valence-corrected chi connectivity index (χ2v) is 8.87. The normalized spacial score (nSPS) is 19.6. The van der Waals surface area contributed by atoms with Crippen LogP contribution < -0.4 is 0 Å². The van der Waals surface area contributed by atoms with E-state index >= 15 is 0 Å². The van der Waals surface area contributed by atoms with Crippen LogP contribution in [0.4, 0.5) is 0 Å². The molecule has 6 rings (SSSR count). The molecule has 176 valence electrons. The number of hydrogen-bond donors (Lipinski definition) is 1. The Morgan fingerprint density at radius 2 is 1.89 bits per heavy atom. The Balaban J connectivity index is 1.45. The van der Waals surface area contributed by atoms with Crippen molar-refractivity contribution in [2.24, 2.45) is 0 Å². The maximum Gasteiger partial charge on any atom is 0.337 e. The van der Waals surface area contributed by atoms with Gasteiger partial charge in [-0.2, -0.15) is 0 Å². The van der Waals surface area contributed by atoms with Crippen LogP contribution in [-0.2, 0) is 27.3 Å². The molecule has 2 aromatic heterocycles. The monoisotopic (exact) mass is 469 g/mol. The molecule has 0 aliphatic carbocycles. The SMILES string of the molecule is COC(=O)c1ccc(C2c3[nH]c4ccccc4c3CC3C(=O)N(Cc4ccco4)CC(=O)N32)cc1. The maximum absolute atomic E-state index is 13.7. The fraction of sp³-hybridized carbons (Fsp3) is 0.222. The predicted molar refractivity (Wildman–Crippen MR) is 126 cm³/mol. The van der Waals surface area contributed by atoms with Gasteiger partial charge in [-0.3, -0.25) is 9.59 Å². The number of nitrogens with one attached hydrogen (secondary N) is 1. The number of furan rings is 1. The number of nitrogens with zero attached hydrogens (tertiary/aromatic N) is 2. The first-order valence-electron chi connectivity index (χ1n) is 11.4. The minimum absolute atomic E-state index is 0.0255. The number of methoxy groups -OCH3 is 1. The summed E-state index contributed by atoms with van der Waals surface area (Å²) in [6.07, 6.45) is 1.99. The summed E-state index contributed by atoms with van der Waals surface area (Å²) in [5.74, 6) is -0.0269. The second-order valence-electron chi connectivity index (χ2n) is 8.87. The van der Waals surface area contributed by atoms with Crippen molar-refractivity contribution in [2.75, 3.05) is 13.7 Å². The average molecular weight is 469 g/mol. The standard InChI is InChI=1S/C27H23N3O5/c1-34-27(33)17-10-8-16(9-11-17)25-24-20(19-6-2-3-7-21(19)28-24)13-22-26(32)29(15-23(31)30(22)25)14-18-5-4-12-35-18/h2-12,22,25,28H,13-15H2,1H3. The zero-order valence-electron chi connectivity index (χ0n) is 19.1. The number of para-hydroxylation sites is 1. The van der Waals surface area contributed by atoms with Gasteiger partial charge in [0.1, 0.15) is 18.3 Å². The first-order valence-corrected chi connectivity index (χ1v) is 11.4. The molecule has 4 heterocycles. The highest BCUT2D eigenvalue weighted by Gasteiger charge is 2.48. The van der Waals surface area contributed by atoms with Gasteiger partial charge in [-0.05, 0) is 41.5 Å². The highest BCUT2D eigenvalue weighted by atomic mass is 16.5. The van der Waals surface area contributed by atoms with Crippen LogP contribution in [0, 0.1) is 0 Å². The zero-order valence-corrected chi connectivity index (χ0v) is 19.1. The Morgan fingerprint density at radius 3 is 2.63 bits per heavy atom. The van der Waals surface area contributed by atoms with E-state index in [1.165, 1.54) is 7.11 Å². The van der Waals surface area contributed by atoms with Crippen LogP contribution in [0.5, 0.6) is 0 Å². The third kappa shape index (κ3) is 3.41.